The van der Waals surface area contributed by atoms with Crippen molar-refractivity contribution >= 4 is 17.4 Å². The summed E-state index contributed by atoms with van der Waals surface area (Å²) in [5.74, 6) is -0.334. The highest BCUT2D eigenvalue weighted by atomic mass is 19.1. The first-order chi connectivity index (χ1) is 11.7. The van der Waals surface area contributed by atoms with Crippen molar-refractivity contribution in [2.24, 2.45) is 0 Å². The highest BCUT2D eigenvalue weighted by Crippen LogP contribution is 2.37. The average Bonchev–Trinajstić information content (AvgIpc) is 2.94. The zero-order chi connectivity index (χ0) is 16.5. The molecule has 3 nitrogen and oxygen atoms in total. The molecule has 0 aromatic heterocycles. The molecule has 4 rings (SSSR count). The molecule has 4 heteroatoms. The SMILES string of the molecule is O=C(Nc1ccc(F)cc1)Nc1ccc2c(c1)Cc1ccccc1-2. The molecule has 2 N–H and O–H groups in total. The molecule has 24 heavy (non-hydrogen) atoms. The lowest BCUT2D eigenvalue weighted by Gasteiger charge is -2.09. The monoisotopic (exact) mass is 318 g/mol. The van der Waals surface area contributed by atoms with Crippen molar-refractivity contribution in [2.45, 2.75) is 6.42 Å². The first-order valence-corrected chi connectivity index (χ1v) is 7.74. The first-order valence-electron chi connectivity index (χ1n) is 7.74. The number of fused-ring (bicyclic) bond motifs is 3. The molecule has 1 aliphatic rings. The van der Waals surface area contributed by atoms with E-state index in [2.05, 4.69) is 22.8 Å². The Morgan fingerprint density at radius 1 is 0.792 bits per heavy atom. The van der Waals surface area contributed by atoms with Crippen molar-refractivity contribution < 1.29 is 9.18 Å². The molecule has 3 aromatic rings. The van der Waals surface area contributed by atoms with Crippen molar-refractivity contribution in [1.29, 1.82) is 0 Å². The molecular weight excluding hydrogens is 303 g/mol. The zero-order valence-corrected chi connectivity index (χ0v) is 12.8. The second kappa shape index (κ2) is 5.81. The molecule has 1 aliphatic carbocycles. The molecule has 0 atom stereocenters. The molecule has 0 saturated carbocycles. The Bertz CT molecular complexity index is 919. The largest absolute Gasteiger partial charge is 0.323 e. The minimum absolute atomic E-state index is 0.334. The quantitative estimate of drug-likeness (QED) is 0.534. The fraction of sp³-hybridized carbons (Fsp3) is 0.0500. The maximum absolute atomic E-state index is 12.9. The van der Waals surface area contributed by atoms with Crippen molar-refractivity contribution in [1.82, 2.24) is 0 Å². The number of nitrogens with one attached hydrogen (secondary N) is 2. The van der Waals surface area contributed by atoms with Crippen LogP contribution in [0.1, 0.15) is 11.1 Å². The van der Waals surface area contributed by atoms with Gasteiger partial charge in [0.15, 0.2) is 0 Å². The fourth-order valence-corrected chi connectivity index (χ4v) is 3.05. The molecular formula is C20H15FN2O. The lowest BCUT2D eigenvalue weighted by molar-refractivity contribution is 0.262. The third-order valence-electron chi connectivity index (χ3n) is 4.15. The Kier molecular flexibility index (Phi) is 3.50. The standard InChI is InChI=1S/C20H15FN2O/c21-15-5-7-16(8-6-15)22-20(24)23-17-9-10-19-14(12-17)11-13-3-1-2-4-18(13)19/h1-10,12H,11H2,(H2,22,23,24). The Morgan fingerprint density at radius 2 is 1.46 bits per heavy atom. The molecule has 0 aliphatic heterocycles. The molecule has 2 amide bonds. The number of urea groups is 1. The number of benzene rings is 3. The third kappa shape index (κ3) is 2.74. The van der Waals surface area contributed by atoms with Crippen molar-refractivity contribution in [3.05, 3.63) is 83.7 Å². The number of amides is 2. The summed E-state index contributed by atoms with van der Waals surface area (Å²) in [6.45, 7) is 0. The second-order valence-electron chi connectivity index (χ2n) is 5.79. The average molecular weight is 318 g/mol. The van der Waals surface area contributed by atoms with E-state index >= 15 is 0 Å². The Balaban J connectivity index is 1.49. The van der Waals surface area contributed by atoms with Crippen LogP contribution in [0.2, 0.25) is 0 Å². The highest BCUT2D eigenvalue weighted by Gasteiger charge is 2.18. The number of hydrogen-bond donors (Lipinski definition) is 2. The fourth-order valence-electron chi connectivity index (χ4n) is 3.05. The predicted octanol–water partition coefficient (Wildman–Crippen LogP) is 5.04. The van der Waals surface area contributed by atoms with E-state index in [1.165, 1.54) is 46.5 Å². The molecule has 0 saturated heterocycles. The van der Waals surface area contributed by atoms with Gasteiger partial charge in [-0.1, -0.05) is 30.3 Å². The van der Waals surface area contributed by atoms with Gasteiger partial charge in [0.1, 0.15) is 5.82 Å². The van der Waals surface area contributed by atoms with Crippen LogP contribution in [0, 0.1) is 5.82 Å². The van der Waals surface area contributed by atoms with E-state index in [1.54, 1.807) is 0 Å². The molecule has 0 unspecified atom stereocenters. The lowest BCUT2D eigenvalue weighted by atomic mass is 10.1. The molecule has 118 valence electrons. The van der Waals surface area contributed by atoms with Crippen LogP contribution in [0.25, 0.3) is 11.1 Å². The normalized spacial score (nSPS) is 11.5. The van der Waals surface area contributed by atoms with E-state index in [9.17, 15) is 9.18 Å². The van der Waals surface area contributed by atoms with Crippen LogP contribution >= 0.6 is 0 Å². The van der Waals surface area contributed by atoms with Crippen LogP contribution in [-0.2, 0) is 6.42 Å². The molecule has 0 radical (unpaired) electrons. The summed E-state index contributed by atoms with van der Waals surface area (Å²) >= 11 is 0. The topological polar surface area (TPSA) is 41.1 Å². The van der Waals surface area contributed by atoms with Gasteiger partial charge in [-0.15, -0.1) is 0 Å². The number of carbonyl (C=O) groups is 1. The molecule has 0 spiro atoms. The van der Waals surface area contributed by atoms with Crippen LogP contribution in [-0.4, -0.2) is 6.03 Å². The predicted molar refractivity (Wildman–Crippen MR) is 93.7 cm³/mol. The summed E-state index contributed by atoms with van der Waals surface area (Å²) in [4.78, 5) is 12.1. The van der Waals surface area contributed by atoms with Gasteiger partial charge in [-0.25, -0.2) is 9.18 Å². The summed E-state index contributed by atoms with van der Waals surface area (Å²) in [7, 11) is 0. The Hall–Kier alpha value is -3.14. The molecule has 3 aromatic carbocycles. The Labute approximate surface area is 139 Å². The van der Waals surface area contributed by atoms with Gasteiger partial charge < -0.3 is 10.6 Å². The summed E-state index contributed by atoms with van der Waals surface area (Å²) in [5, 5.41) is 5.50. The summed E-state index contributed by atoms with van der Waals surface area (Å²) < 4.78 is 12.9. The molecule has 0 heterocycles. The van der Waals surface area contributed by atoms with Crippen LogP contribution in [0.4, 0.5) is 20.6 Å². The van der Waals surface area contributed by atoms with E-state index < -0.39 is 0 Å². The van der Waals surface area contributed by atoms with E-state index in [0.717, 1.165) is 12.1 Å². The van der Waals surface area contributed by atoms with Crippen LogP contribution in [0.15, 0.2) is 66.7 Å². The van der Waals surface area contributed by atoms with E-state index in [-0.39, 0.29) is 11.8 Å². The molecule has 0 bridgehead atoms. The highest BCUT2D eigenvalue weighted by molar-refractivity contribution is 6.00. The van der Waals surface area contributed by atoms with E-state index in [1.807, 2.05) is 30.3 Å². The molecule has 0 fully saturated rings. The second-order valence-corrected chi connectivity index (χ2v) is 5.79. The van der Waals surface area contributed by atoms with Gasteiger partial charge in [0.05, 0.1) is 0 Å². The summed E-state index contributed by atoms with van der Waals surface area (Å²) in [5.41, 5.74) is 6.27. The van der Waals surface area contributed by atoms with Crippen molar-refractivity contribution in [3.8, 4) is 11.1 Å². The lowest BCUT2D eigenvalue weighted by Crippen LogP contribution is -2.19. The summed E-state index contributed by atoms with van der Waals surface area (Å²) in [6, 6.07) is 19.6. The maximum atomic E-state index is 12.9. The summed E-state index contributed by atoms with van der Waals surface area (Å²) in [6.07, 6.45) is 0.876. The van der Waals surface area contributed by atoms with Gasteiger partial charge in [-0.05, 0) is 65.1 Å². The number of rotatable bonds is 2. The maximum Gasteiger partial charge on any atom is 0.323 e. The first kappa shape index (κ1) is 14.5. The van der Waals surface area contributed by atoms with Crippen LogP contribution in [0.3, 0.4) is 0 Å². The smallest absolute Gasteiger partial charge is 0.308 e. The van der Waals surface area contributed by atoms with Crippen LogP contribution < -0.4 is 10.6 Å². The number of hydrogen-bond acceptors (Lipinski definition) is 1. The number of carbonyl (C=O) groups excluding carboxylic acids is 1. The van der Waals surface area contributed by atoms with Gasteiger partial charge in [0, 0.05) is 11.4 Å². The van der Waals surface area contributed by atoms with Crippen molar-refractivity contribution in [3.63, 3.8) is 0 Å². The van der Waals surface area contributed by atoms with Gasteiger partial charge >= 0.3 is 6.03 Å². The minimum Gasteiger partial charge on any atom is -0.308 e. The Morgan fingerprint density at radius 3 is 2.29 bits per heavy atom. The van der Waals surface area contributed by atoms with Crippen LogP contribution in [0.5, 0.6) is 0 Å². The number of halogens is 1. The number of anilines is 2. The van der Waals surface area contributed by atoms with E-state index in [4.69, 9.17) is 0 Å². The third-order valence-corrected chi connectivity index (χ3v) is 4.15. The zero-order valence-electron chi connectivity index (χ0n) is 12.8. The van der Waals surface area contributed by atoms with Gasteiger partial charge in [0.25, 0.3) is 0 Å². The van der Waals surface area contributed by atoms with Gasteiger partial charge in [-0.3, -0.25) is 0 Å². The van der Waals surface area contributed by atoms with Gasteiger partial charge in [0.2, 0.25) is 0 Å². The minimum atomic E-state index is -0.350. The van der Waals surface area contributed by atoms with E-state index in [0.29, 0.717) is 5.69 Å². The van der Waals surface area contributed by atoms with Crippen molar-refractivity contribution in [2.75, 3.05) is 10.6 Å². The van der Waals surface area contributed by atoms with Gasteiger partial charge in [-0.2, -0.15) is 0 Å².